The molecule has 0 saturated carbocycles. The maximum Gasteiger partial charge on any atom is 0.269 e. The fraction of sp³-hybridized carbons (Fsp3) is 0.333. The van der Waals surface area contributed by atoms with E-state index in [2.05, 4.69) is 34.3 Å². The van der Waals surface area contributed by atoms with Crippen LogP contribution in [-0.2, 0) is 17.8 Å². The Kier molecular flexibility index (Phi) is 5.64. The van der Waals surface area contributed by atoms with Gasteiger partial charge < -0.3 is 19.4 Å². The van der Waals surface area contributed by atoms with E-state index in [0.29, 0.717) is 32.6 Å². The number of H-pyrrole nitrogens is 1. The van der Waals surface area contributed by atoms with E-state index in [1.54, 1.807) is 18.2 Å². The van der Waals surface area contributed by atoms with Crippen molar-refractivity contribution in [2.45, 2.75) is 37.8 Å². The highest BCUT2D eigenvalue weighted by Crippen LogP contribution is 2.48. The van der Waals surface area contributed by atoms with E-state index in [-0.39, 0.29) is 45.9 Å². The number of nitro groups is 1. The Morgan fingerprint density at radius 3 is 2.76 bits per heavy atom. The minimum Gasteiger partial charge on any atom is -0.366 e. The number of aromatic nitrogens is 2. The largest absolute Gasteiger partial charge is 0.366 e. The molecule has 8 rings (SSSR count). The number of fused-ring (bicyclic) bond motifs is 9. The lowest BCUT2D eigenvalue weighted by Crippen LogP contribution is -2.61. The van der Waals surface area contributed by atoms with E-state index < -0.39 is 0 Å². The minimum atomic E-state index is -0.363. The number of hydrogen-bond acceptors (Lipinski definition) is 5. The van der Waals surface area contributed by atoms with Crippen molar-refractivity contribution < 1.29 is 9.72 Å². The first-order valence-corrected chi connectivity index (χ1v) is 14.7. The maximum atomic E-state index is 14.4. The Labute approximate surface area is 242 Å². The van der Waals surface area contributed by atoms with Crippen LogP contribution in [0, 0.1) is 22.0 Å². The molecule has 9 heteroatoms. The fourth-order valence-corrected chi connectivity index (χ4v) is 8.12. The molecule has 4 atom stereocenters. The molecule has 2 bridgehead atoms. The summed E-state index contributed by atoms with van der Waals surface area (Å²) < 4.78 is 1.90. The number of aromatic amines is 1. The highest BCUT2D eigenvalue weighted by molar-refractivity contribution is 5.93. The lowest BCUT2D eigenvalue weighted by atomic mass is 9.69. The Bertz CT molecular complexity index is 1850. The molecule has 4 aliphatic rings. The van der Waals surface area contributed by atoms with Gasteiger partial charge in [-0.05, 0) is 54.5 Å². The Balaban J connectivity index is 1.14. The van der Waals surface area contributed by atoms with Crippen molar-refractivity contribution >= 4 is 33.8 Å². The van der Waals surface area contributed by atoms with Crippen molar-refractivity contribution in [1.82, 2.24) is 14.5 Å². The second-order valence-electron chi connectivity index (χ2n) is 12.1. The predicted molar refractivity (Wildman–Crippen MR) is 160 cm³/mol. The molecule has 1 N–H and O–H groups in total. The van der Waals surface area contributed by atoms with E-state index in [9.17, 15) is 19.7 Å². The molecule has 2 aromatic carbocycles. The van der Waals surface area contributed by atoms with Gasteiger partial charge in [0.05, 0.1) is 10.8 Å². The number of carbonyl (C=O) groups is 1. The van der Waals surface area contributed by atoms with Crippen LogP contribution < -0.4 is 10.5 Å². The average molecular weight is 562 g/mol. The fourth-order valence-electron chi connectivity index (χ4n) is 8.12. The second-order valence-corrected chi connectivity index (χ2v) is 12.1. The number of nitro benzene ring substituents is 1. The summed E-state index contributed by atoms with van der Waals surface area (Å²) in [6, 6.07) is 18.8. The monoisotopic (exact) mass is 561 g/mol. The molecule has 4 aromatic rings. The summed E-state index contributed by atoms with van der Waals surface area (Å²) in [5, 5.41) is 12.8. The lowest BCUT2D eigenvalue weighted by Gasteiger charge is -2.54. The van der Waals surface area contributed by atoms with Crippen LogP contribution in [0.25, 0.3) is 16.5 Å². The summed E-state index contributed by atoms with van der Waals surface area (Å²) in [5.74, 6) is 0.0636. The standard InChI is InChI=1S/C33H31N5O4/c39-31-7-3-6-29-22-14-23(19-36(29)31)32-26(16-21-15-24(38(41)42)8-9-30(21)37(32)18-22)33(40)35-12-10-20(11-13-35)27-17-34-28-5-2-1-4-25(27)28/h1-10,15,17,22-23,26,32,34H,11-14,16,18-19H2/t22-,23+,26-,32+/m1/s1. The van der Waals surface area contributed by atoms with Crippen molar-refractivity contribution in [3.8, 4) is 0 Å². The Morgan fingerprint density at radius 1 is 1.05 bits per heavy atom. The first kappa shape index (κ1) is 25.1. The molecule has 42 heavy (non-hydrogen) atoms. The van der Waals surface area contributed by atoms with Gasteiger partial charge in [-0.2, -0.15) is 0 Å². The highest BCUT2D eigenvalue weighted by atomic mass is 16.6. The van der Waals surface area contributed by atoms with Gasteiger partial charge in [0.2, 0.25) is 5.91 Å². The van der Waals surface area contributed by atoms with Crippen LogP contribution in [-0.4, -0.2) is 51.0 Å². The van der Waals surface area contributed by atoms with Crippen molar-refractivity contribution in [2.24, 2.45) is 11.8 Å². The number of anilines is 1. The molecule has 4 aliphatic heterocycles. The highest BCUT2D eigenvalue weighted by Gasteiger charge is 2.50. The Morgan fingerprint density at radius 2 is 1.93 bits per heavy atom. The zero-order valence-corrected chi connectivity index (χ0v) is 23.1. The van der Waals surface area contributed by atoms with Crippen LogP contribution in [0.1, 0.15) is 35.6 Å². The molecule has 6 heterocycles. The second kappa shape index (κ2) is 9.44. The summed E-state index contributed by atoms with van der Waals surface area (Å²) in [4.78, 5) is 46.1. The number of para-hydroxylation sites is 1. The number of nitrogens with zero attached hydrogens (tertiary/aromatic N) is 4. The molecular weight excluding hydrogens is 530 g/mol. The number of pyridine rings is 1. The SMILES string of the molecule is O=C([C@@H]1Cc2cc([N+](=O)[O-])ccc2N2C[C@H]3C[C@@H](Cn4c3cccc4=O)[C@@H]12)N1CC=C(c2c[nH]c3ccccc23)CC1. The molecule has 1 saturated heterocycles. The average Bonchev–Trinajstić information content (AvgIpc) is 3.45. The smallest absolute Gasteiger partial charge is 0.269 e. The molecule has 0 radical (unpaired) electrons. The van der Waals surface area contributed by atoms with Crippen molar-refractivity contribution in [3.05, 3.63) is 110 Å². The first-order valence-electron chi connectivity index (χ1n) is 14.7. The van der Waals surface area contributed by atoms with Gasteiger partial charge >= 0.3 is 0 Å². The van der Waals surface area contributed by atoms with Gasteiger partial charge in [0, 0.05) is 90.4 Å². The van der Waals surface area contributed by atoms with Gasteiger partial charge in [-0.15, -0.1) is 0 Å². The van der Waals surface area contributed by atoms with E-state index in [1.165, 1.54) is 16.5 Å². The van der Waals surface area contributed by atoms with Crippen molar-refractivity contribution in [3.63, 3.8) is 0 Å². The maximum absolute atomic E-state index is 14.4. The number of piperidine rings is 1. The van der Waals surface area contributed by atoms with Crippen LogP contribution in [0.5, 0.6) is 0 Å². The summed E-state index contributed by atoms with van der Waals surface area (Å²) in [5.41, 5.74) is 6.48. The number of hydrogen-bond donors (Lipinski definition) is 1. The molecular formula is C33H31N5O4. The molecule has 9 nitrogen and oxygen atoms in total. The normalized spacial score (nSPS) is 24.4. The van der Waals surface area contributed by atoms with Crippen LogP contribution in [0.2, 0.25) is 0 Å². The molecule has 1 amide bonds. The van der Waals surface area contributed by atoms with Gasteiger partial charge in [0.15, 0.2) is 0 Å². The third-order valence-corrected chi connectivity index (χ3v) is 9.97. The lowest BCUT2D eigenvalue weighted by molar-refractivity contribution is -0.384. The topological polar surface area (TPSA) is 104 Å². The van der Waals surface area contributed by atoms with Crippen LogP contribution in [0.15, 0.2) is 77.7 Å². The summed E-state index contributed by atoms with van der Waals surface area (Å²) in [6.45, 7) is 2.44. The van der Waals surface area contributed by atoms with Crippen molar-refractivity contribution in [2.75, 3.05) is 24.5 Å². The molecule has 2 aromatic heterocycles. The summed E-state index contributed by atoms with van der Waals surface area (Å²) >= 11 is 0. The molecule has 212 valence electrons. The molecule has 0 aliphatic carbocycles. The Hall–Kier alpha value is -4.66. The predicted octanol–water partition coefficient (Wildman–Crippen LogP) is 4.72. The number of nitrogens with one attached hydrogen (secondary N) is 1. The number of non-ortho nitro benzene ring substituents is 1. The molecule has 0 spiro atoms. The van der Waals surface area contributed by atoms with Gasteiger partial charge in [-0.25, -0.2) is 0 Å². The minimum absolute atomic E-state index is 0.0105. The quantitative estimate of drug-likeness (QED) is 0.288. The summed E-state index contributed by atoms with van der Waals surface area (Å²) in [6.07, 6.45) is 6.39. The molecule has 1 fully saturated rings. The number of rotatable bonds is 3. The van der Waals surface area contributed by atoms with Crippen LogP contribution in [0.3, 0.4) is 0 Å². The zero-order valence-electron chi connectivity index (χ0n) is 23.1. The van der Waals surface area contributed by atoms with Crippen molar-refractivity contribution in [1.29, 1.82) is 0 Å². The van der Waals surface area contributed by atoms with E-state index in [0.717, 1.165) is 35.3 Å². The number of benzene rings is 2. The van der Waals surface area contributed by atoms with Gasteiger partial charge in [0.25, 0.3) is 11.2 Å². The van der Waals surface area contributed by atoms with E-state index in [1.807, 2.05) is 39.8 Å². The first-order chi connectivity index (χ1) is 20.5. The van der Waals surface area contributed by atoms with Gasteiger partial charge in [-0.1, -0.05) is 30.3 Å². The van der Waals surface area contributed by atoms with Crippen LogP contribution >= 0.6 is 0 Å². The number of amides is 1. The molecule has 0 unspecified atom stereocenters. The van der Waals surface area contributed by atoms with E-state index in [4.69, 9.17) is 0 Å². The summed E-state index contributed by atoms with van der Waals surface area (Å²) in [7, 11) is 0. The zero-order chi connectivity index (χ0) is 28.5. The third kappa shape index (κ3) is 3.83. The number of carbonyl (C=O) groups excluding carboxylic acids is 1. The van der Waals surface area contributed by atoms with Gasteiger partial charge in [-0.3, -0.25) is 19.7 Å². The van der Waals surface area contributed by atoms with E-state index >= 15 is 0 Å². The third-order valence-electron chi connectivity index (χ3n) is 9.97. The van der Waals surface area contributed by atoms with Gasteiger partial charge in [0.1, 0.15) is 0 Å². The van der Waals surface area contributed by atoms with Crippen LogP contribution in [0.4, 0.5) is 11.4 Å².